The van der Waals surface area contributed by atoms with E-state index in [1.54, 1.807) is 12.1 Å². The molecule has 1 aromatic carbocycles. The molecule has 0 radical (unpaired) electrons. The summed E-state index contributed by atoms with van der Waals surface area (Å²) in [5.41, 5.74) is 7.49. The first-order valence-corrected chi connectivity index (χ1v) is 5.85. The van der Waals surface area contributed by atoms with Gasteiger partial charge in [-0.15, -0.1) is 0 Å². The number of nitrogens with two attached hydrogens (primary N) is 1. The van der Waals surface area contributed by atoms with Crippen molar-refractivity contribution in [1.29, 1.82) is 0 Å². The maximum atomic E-state index is 10.7. The van der Waals surface area contributed by atoms with E-state index >= 15 is 0 Å². The molecule has 0 unspecified atom stereocenters. The summed E-state index contributed by atoms with van der Waals surface area (Å²) >= 11 is 0. The second-order valence-corrected chi connectivity index (χ2v) is 4.40. The molecule has 1 fully saturated rings. The maximum Gasteiger partial charge on any atom is 0.335 e. The smallest absolute Gasteiger partial charge is 0.335 e. The molecule has 0 saturated carbocycles. The molecule has 4 heteroatoms. The number of aromatic carboxylic acids is 1. The first kappa shape index (κ1) is 12.1. The quantitative estimate of drug-likeness (QED) is 0.838. The lowest BCUT2D eigenvalue weighted by Crippen LogP contribution is -2.27. The lowest BCUT2D eigenvalue weighted by molar-refractivity contribution is 0.0584. The third kappa shape index (κ3) is 2.84. The maximum absolute atomic E-state index is 10.7. The zero-order chi connectivity index (χ0) is 12.3. The van der Waals surface area contributed by atoms with Crippen LogP contribution < -0.4 is 5.73 Å². The molecule has 0 bridgehead atoms. The number of rotatable bonds is 3. The number of carbonyl (C=O) groups is 1. The number of hydrogen-bond donors (Lipinski definition) is 2. The summed E-state index contributed by atoms with van der Waals surface area (Å²) in [6.07, 6.45) is 1.95. The van der Waals surface area contributed by atoms with E-state index in [9.17, 15) is 4.79 Å². The van der Waals surface area contributed by atoms with Crippen molar-refractivity contribution in [3.8, 4) is 0 Å². The van der Waals surface area contributed by atoms with Crippen molar-refractivity contribution in [2.45, 2.75) is 18.9 Å². The van der Waals surface area contributed by atoms with Crippen molar-refractivity contribution < 1.29 is 14.6 Å². The van der Waals surface area contributed by atoms with Gasteiger partial charge >= 0.3 is 5.97 Å². The normalized spacial score (nSPS) is 18.9. The minimum Gasteiger partial charge on any atom is -0.478 e. The van der Waals surface area contributed by atoms with Crippen LogP contribution in [-0.2, 0) is 4.74 Å². The molecule has 4 nitrogen and oxygen atoms in total. The summed E-state index contributed by atoms with van der Waals surface area (Å²) < 4.78 is 5.30. The summed E-state index contributed by atoms with van der Waals surface area (Å²) in [6.45, 7) is 1.54. The van der Waals surface area contributed by atoms with Crippen molar-refractivity contribution in [3.05, 3.63) is 35.4 Å². The van der Waals surface area contributed by atoms with Crippen LogP contribution >= 0.6 is 0 Å². The molecule has 1 heterocycles. The standard InChI is InChI=1S/C13H17NO3/c14-12(10-5-7-17-8-6-10)9-1-3-11(4-2-9)13(15)16/h1-4,10,12H,5-8,14H2,(H,15,16)/t12-/m0/s1. The van der Waals surface area contributed by atoms with Crippen molar-refractivity contribution >= 4 is 5.97 Å². The minimum absolute atomic E-state index is 0.0262. The third-order valence-electron chi connectivity index (χ3n) is 3.32. The van der Waals surface area contributed by atoms with Gasteiger partial charge in [-0.3, -0.25) is 0 Å². The lowest BCUT2D eigenvalue weighted by Gasteiger charge is -2.27. The van der Waals surface area contributed by atoms with E-state index < -0.39 is 5.97 Å². The Morgan fingerprint density at radius 2 is 1.88 bits per heavy atom. The SMILES string of the molecule is N[C@@H](c1ccc(C(=O)O)cc1)C1CCOCC1. The molecule has 1 aromatic rings. The van der Waals surface area contributed by atoms with Gasteiger partial charge in [0.1, 0.15) is 0 Å². The molecule has 0 aliphatic carbocycles. The fourth-order valence-electron chi connectivity index (χ4n) is 2.20. The highest BCUT2D eigenvalue weighted by Crippen LogP contribution is 2.28. The van der Waals surface area contributed by atoms with E-state index in [1.807, 2.05) is 12.1 Å². The van der Waals surface area contributed by atoms with Crippen LogP contribution in [0.25, 0.3) is 0 Å². The molecule has 0 amide bonds. The van der Waals surface area contributed by atoms with Crippen molar-refractivity contribution in [3.63, 3.8) is 0 Å². The van der Waals surface area contributed by atoms with E-state index in [-0.39, 0.29) is 6.04 Å². The summed E-state index contributed by atoms with van der Waals surface area (Å²) in [4.78, 5) is 10.7. The molecule has 17 heavy (non-hydrogen) atoms. The third-order valence-corrected chi connectivity index (χ3v) is 3.32. The van der Waals surface area contributed by atoms with Crippen LogP contribution in [0.1, 0.15) is 34.8 Å². The summed E-state index contributed by atoms with van der Waals surface area (Å²) in [7, 11) is 0. The van der Waals surface area contributed by atoms with Gasteiger partial charge in [0.15, 0.2) is 0 Å². The average Bonchev–Trinajstić information content (AvgIpc) is 2.39. The Kier molecular flexibility index (Phi) is 3.76. The number of ether oxygens (including phenoxy) is 1. The Balaban J connectivity index is 2.07. The Labute approximate surface area is 100 Å². The predicted octanol–water partition coefficient (Wildman–Crippen LogP) is 1.81. The van der Waals surface area contributed by atoms with Gasteiger partial charge in [-0.25, -0.2) is 4.79 Å². The van der Waals surface area contributed by atoms with Crippen LogP contribution in [0, 0.1) is 5.92 Å². The van der Waals surface area contributed by atoms with E-state index in [2.05, 4.69) is 0 Å². The average molecular weight is 235 g/mol. The van der Waals surface area contributed by atoms with Crippen LogP contribution in [0.15, 0.2) is 24.3 Å². The highest BCUT2D eigenvalue weighted by atomic mass is 16.5. The van der Waals surface area contributed by atoms with Gasteiger partial charge in [0.05, 0.1) is 5.56 Å². The second-order valence-electron chi connectivity index (χ2n) is 4.40. The number of carboxylic acid groups (broad SMARTS) is 1. The number of carboxylic acids is 1. The van der Waals surface area contributed by atoms with Gasteiger partial charge < -0.3 is 15.6 Å². The molecule has 92 valence electrons. The molecule has 2 rings (SSSR count). The second kappa shape index (κ2) is 5.29. The van der Waals surface area contributed by atoms with Gasteiger partial charge in [0, 0.05) is 19.3 Å². The van der Waals surface area contributed by atoms with E-state index in [1.165, 1.54) is 0 Å². The fourth-order valence-corrected chi connectivity index (χ4v) is 2.20. The van der Waals surface area contributed by atoms with E-state index in [4.69, 9.17) is 15.6 Å². The lowest BCUT2D eigenvalue weighted by atomic mass is 9.87. The highest BCUT2D eigenvalue weighted by molar-refractivity contribution is 5.87. The molecule has 0 aromatic heterocycles. The Bertz CT molecular complexity index is 382. The highest BCUT2D eigenvalue weighted by Gasteiger charge is 2.22. The molecule has 1 atom stereocenters. The first-order chi connectivity index (χ1) is 8.18. The van der Waals surface area contributed by atoms with Crippen molar-refractivity contribution in [2.24, 2.45) is 11.7 Å². The summed E-state index contributed by atoms with van der Waals surface area (Å²) in [6, 6.07) is 6.81. The molecular weight excluding hydrogens is 218 g/mol. The Morgan fingerprint density at radius 3 is 2.41 bits per heavy atom. The molecule has 1 aliphatic rings. The zero-order valence-electron chi connectivity index (χ0n) is 9.63. The van der Waals surface area contributed by atoms with Crippen LogP contribution in [0.2, 0.25) is 0 Å². The monoisotopic (exact) mass is 235 g/mol. The number of hydrogen-bond acceptors (Lipinski definition) is 3. The summed E-state index contributed by atoms with van der Waals surface area (Å²) in [5.74, 6) is -0.476. The van der Waals surface area contributed by atoms with Gasteiger partial charge in [-0.2, -0.15) is 0 Å². The zero-order valence-corrected chi connectivity index (χ0v) is 9.63. The van der Waals surface area contributed by atoms with Gasteiger partial charge in [0.25, 0.3) is 0 Å². The van der Waals surface area contributed by atoms with Gasteiger partial charge in [-0.05, 0) is 36.5 Å². The Morgan fingerprint density at radius 1 is 1.29 bits per heavy atom. The van der Waals surface area contributed by atoms with Gasteiger partial charge in [-0.1, -0.05) is 12.1 Å². The minimum atomic E-state index is -0.906. The molecular formula is C13H17NO3. The molecule has 0 spiro atoms. The van der Waals surface area contributed by atoms with Crippen LogP contribution in [0.5, 0.6) is 0 Å². The molecule has 1 saturated heterocycles. The van der Waals surface area contributed by atoms with Crippen LogP contribution in [-0.4, -0.2) is 24.3 Å². The topological polar surface area (TPSA) is 72.6 Å². The summed E-state index contributed by atoms with van der Waals surface area (Å²) in [5, 5.41) is 8.82. The Hall–Kier alpha value is -1.39. The largest absolute Gasteiger partial charge is 0.478 e. The van der Waals surface area contributed by atoms with Crippen LogP contribution in [0.3, 0.4) is 0 Å². The van der Waals surface area contributed by atoms with Gasteiger partial charge in [0.2, 0.25) is 0 Å². The van der Waals surface area contributed by atoms with E-state index in [0.29, 0.717) is 11.5 Å². The number of benzene rings is 1. The molecule has 3 N–H and O–H groups in total. The van der Waals surface area contributed by atoms with Crippen LogP contribution in [0.4, 0.5) is 0 Å². The molecule has 1 aliphatic heterocycles. The first-order valence-electron chi connectivity index (χ1n) is 5.85. The van der Waals surface area contributed by atoms with E-state index in [0.717, 1.165) is 31.6 Å². The predicted molar refractivity (Wildman–Crippen MR) is 63.9 cm³/mol. The van der Waals surface area contributed by atoms with Crippen molar-refractivity contribution in [1.82, 2.24) is 0 Å². The van der Waals surface area contributed by atoms with Crippen molar-refractivity contribution in [2.75, 3.05) is 13.2 Å². The fraction of sp³-hybridized carbons (Fsp3) is 0.462.